The van der Waals surface area contributed by atoms with Crippen LogP contribution in [0.25, 0.3) is 0 Å². The Labute approximate surface area is 192 Å². The zero-order chi connectivity index (χ0) is 22.2. The van der Waals surface area contributed by atoms with Gasteiger partial charge in [-0.2, -0.15) is 0 Å². The molecular formula is C28H49O3+. The molecule has 0 aliphatic heterocycles. The van der Waals surface area contributed by atoms with E-state index in [0.717, 1.165) is 31.6 Å². The molecule has 3 heteroatoms. The molecule has 0 amide bonds. The van der Waals surface area contributed by atoms with Gasteiger partial charge in [-0.25, -0.2) is 0 Å². The maximum Gasteiger partial charge on any atom is 0.281 e. The van der Waals surface area contributed by atoms with Crippen LogP contribution in [-0.2, 0) is 11.2 Å². The van der Waals surface area contributed by atoms with Gasteiger partial charge in [0.2, 0.25) is 0 Å². The van der Waals surface area contributed by atoms with E-state index in [9.17, 15) is 0 Å². The molecule has 0 atom stereocenters. The van der Waals surface area contributed by atoms with Crippen molar-refractivity contribution in [3.8, 4) is 5.75 Å². The lowest BCUT2D eigenvalue weighted by Gasteiger charge is -2.08. The molecule has 3 nitrogen and oxygen atoms in total. The van der Waals surface area contributed by atoms with Crippen LogP contribution in [0.5, 0.6) is 5.75 Å². The molecule has 1 rings (SSSR count). The summed E-state index contributed by atoms with van der Waals surface area (Å²) in [5.74, 6) is 0.946. The van der Waals surface area contributed by atoms with Gasteiger partial charge in [0.1, 0.15) is 12.4 Å². The van der Waals surface area contributed by atoms with Crippen molar-refractivity contribution in [2.24, 2.45) is 0 Å². The Kier molecular flexibility index (Phi) is 19.5. The van der Waals surface area contributed by atoms with Gasteiger partial charge in [-0.05, 0) is 43.4 Å². The molecule has 0 bridgehead atoms. The normalized spacial score (nSPS) is 11.0. The highest BCUT2D eigenvalue weighted by atomic mass is 16.5. The first-order valence-electron chi connectivity index (χ1n) is 13.1. The second kappa shape index (κ2) is 21.9. The Morgan fingerprint density at radius 1 is 0.645 bits per heavy atom. The lowest BCUT2D eigenvalue weighted by molar-refractivity contribution is 0.0970. The number of unbranched alkanes of at least 4 members (excludes halogenated alkanes) is 14. The largest absolute Gasteiger partial charge is 0.491 e. The van der Waals surface area contributed by atoms with E-state index >= 15 is 0 Å². The molecule has 0 saturated carbocycles. The van der Waals surface area contributed by atoms with Gasteiger partial charge in [0.05, 0.1) is 13.0 Å². The molecule has 178 valence electrons. The summed E-state index contributed by atoms with van der Waals surface area (Å²) in [5.41, 5.74) is 1.42. The number of rotatable bonds is 23. The fourth-order valence-electron chi connectivity index (χ4n) is 3.86. The van der Waals surface area contributed by atoms with Gasteiger partial charge in [0.15, 0.2) is 0 Å². The summed E-state index contributed by atoms with van der Waals surface area (Å²) in [4.78, 5) is 8.62. The number of carbonyl (C=O) groups excluding carboxylic acids is 1. The van der Waals surface area contributed by atoms with Crippen molar-refractivity contribution < 1.29 is 14.3 Å². The minimum absolute atomic E-state index is 0.624. The van der Waals surface area contributed by atoms with Gasteiger partial charge >= 0.3 is 0 Å². The first-order chi connectivity index (χ1) is 15.4. The minimum atomic E-state index is 0.624. The summed E-state index contributed by atoms with van der Waals surface area (Å²) in [6, 6.07) is 8.61. The number of hydrogen-bond acceptors (Lipinski definition) is 2. The van der Waals surface area contributed by atoms with Crippen LogP contribution in [0.4, 0.5) is 0 Å². The Morgan fingerprint density at radius 2 is 1.23 bits per heavy atom. The molecule has 0 unspecified atom stereocenters. The number of hydrogen-bond donors (Lipinski definition) is 0. The third-order valence-corrected chi connectivity index (χ3v) is 5.86. The molecule has 31 heavy (non-hydrogen) atoms. The van der Waals surface area contributed by atoms with Gasteiger partial charge in [-0.1, -0.05) is 96.1 Å². The lowest BCUT2D eigenvalue weighted by Crippen LogP contribution is -2.07. The fourth-order valence-corrected chi connectivity index (χ4v) is 3.86. The van der Waals surface area contributed by atoms with Crippen molar-refractivity contribution in [2.45, 2.75) is 116 Å². The molecule has 0 aromatic heterocycles. The van der Waals surface area contributed by atoms with Crippen LogP contribution in [0.2, 0.25) is 0 Å². The Bertz CT molecular complexity index is 497. The molecule has 0 aliphatic carbocycles. The second-order valence-corrected chi connectivity index (χ2v) is 8.78. The predicted octanol–water partition coefficient (Wildman–Crippen LogP) is 8.06. The molecule has 1 aromatic carbocycles. The third kappa shape index (κ3) is 18.0. The van der Waals surface area contributed by atoms with Crippen LogP contribution < -0.4 is 4.74 Å². The van der Waals surface area contributed by atoms with E-state index in [1.54, 1.807) is 0 Å². The summed E-state index contributed by atoms with van der Waals surface area (Å²) >= 11 is 0. The van der Waals surface area contributed by atoms with E-state index in [1.807, 2.05) is 0 Å². The summed E-state index contributed by atoms with van der Waals surface area (Å²) in [5, 5.41) is 0. The Hall–Kier alpha value is -1.35. The molecule has 0 heterocycles. The Morgan fingerprint density at radius 3 is 1.87 bits per heavy atom. The van der Waals surface area contributed by atoms with Crippen LogP contribution >= 0.6 is 0 Å². The zero-order valence-corrected chi connectivity index (χ0v) is 20.3. The van der Waals surface area contributed by atoms with Crippen LogP contribution in [0.3, 0.4) is 0 Å². The number of benzene rings is 1. The van der Waals surface area contributed by atoms with Gasteiger partial charge in [-0.15, -0.1) is 0 Å². The van der Waals surface area contributed by atoms with E-state index in [2.05, 4.69) is 31.2 Å². The van der Waals surface area contributed by atoms with Crippen molar-refractivity contribution in [3.63, 3.8) is 0 Å². The van der Waals surface area contributed by atoms with E-state index in [4.69, 9.17) is 14.3 Å². The number of aldehydes is 1. The van der Waals surface area contributed by atoms with Crippen molar-refractivity contribution in [1.82, 2.24) is 0 Å². The van der Waals surface area contributed by atoms with E-state index < -0.39 is 0 Å². The van der Waals surface area contributed by atoms with Gasteiger partial charge < -0.3 is 9.47 Å². The highest BCUT2D eigenvalue weighted by Gasteiger charge is 1.98. The Balaban J connectivity index is 1.89. The fraction of sp³-hybridized carbons (Fsp3) is 0.750. The number of ether oxygens (including phenoxy) is 2. The van der Waals surface area contributed by atoms with Crippen LogP contribution in [0.15, 0.2) is 24.3 Å². The molecule has 0 fully saturated rings. The molecule has 0 radical (unpaired) electrons. The maximum atomic E-state index is 8.62. The van der Waals surface area contributed by atoms with Crippen molar-refractivity contribution in [1.29, 1.82) is 0 Å². The third-order valence-electron chi connectivity index (χ3n) is 5.86. The van der Waals surface area contributed by atoms with Gasteiger partial charge in [-0.3, -0.25) is 4.79 Å². The van der Waals surface area contributed by atoms with E-state index in [0.29, 0.717) is 13.2 Å². The first kappa shape index (κ1) is 27.7. The SMILES string of the molecule is CCCCCCCCCCc1ccc(OCCOCCCCCCCCCC=[OH+])cc1. The molecule has 0 aliphatic rings. The van der Waals surface area contributed by atoms with Crippen molar-refractivity contribution >= 4 is 6.29 Å². The van der Waals surface area contributed by atoms with E-state index in [-0.39, 0.29) is 0 Å². The summed E-state index contributed by atoms with van der Waals surface area (Å²) in [7, 11) is 0. The topological polar surface area (TPSA) is 39.9 Å². The maximum absolute atomic E-state index is 8.62. The lowest BCUT2D eigenvalue weighted by atomic mass is 10.0. The summed E-state index contributed by atoms with van der Waals surface area (Å²) in [6.45, 7) is 4.40. The van der Waals surface area contributed by atoms with Gasteiger partial charge in [0.25, 0.3) is 6.29 Å². The second-order valence-electron chi connectivity index (χ2n) is 8.78. The summed E-state index contributed by atoms with van der Waals surface area (Å²) < 4.78 is 11.5. The summed E-state index contributed by atoms with van der Waals surface area (Å²) in [6.07, 6.45) is 22.9. The average molecular weight is 434 g/mol. The number of aryl methyl sites for hydroxylation is 1. The molecule has 1 N–H and O–H groups in total. The highest BCUT2D eigenvalue weighted by Crippen LogP contribution is 2.15. The van der Waals surface area contributed by atoms with Crippen LogP contribution in [0.1, 0.15) is 115 Å². The molecular weight excluding hydrogens is 384 g/mol. The highest BCUT2D eigenvalue weighted by molar-refractivity contribution is 5.50. The monoisotopic (exact) mass is 433 g/mol. The quantitative estimate of drug-likeness (QED) is 0.0994. The molecule has 0 spiro atoms. The average Bonchev–Trinajstić information content (AvgIpc) is 2.79. The van der Waals surface area contributed by atoms with Crippen molar-refractivity contribution in [2.75, 3.05) is 19.8 Å². The molecule has 1 aromatic rings. The minimum Gasteiger partial charge on any atom is -0.491 e. The zero-order valence-electron chi connectivity index (χ0n) is 20.3. The van der Waals surface area contributed by atoms with Gasteiger partial charge in [0, 0.05) is 6.61 Å². The molecule has 0 saturated heterocycles. The first-order valence-corrected chi connectivity index (χ1v) is 13.1. The van der Waals surface area contributed by atoms with Crippen LogP contribution in [0, 0.1) is 0 Å². The smallest absolute Gasteiger partial charge is 0.281 e. The predicted molar refractivity (Wildman–Crippen MR) is 134 cm³/mol. The van der Waals surface area contributed by atoms with Crippen LogP contribution in [-0.4, -0.2) is 30.9 Å². The standard InChI is InChI=1S/C28H48O3/c1-2-3-4-5-6-9-12-15-18-27-19-21-28(22-20-27)31-26-25-30-24-17-14-11-8-7-10-13-16-23-29/h19-23H,2-18,24-26H2,1H3/p+1. The van der Waals surface area contributed by atoms with E-state index in [1.165, 1.54) is 102 Å². The van der Waals surface area contributed by atoms with Crippen molar-refractivity contribution in [3.05, 3.63) is 29.8 Å².